The molecule has 0 spiro atoms. The van der Waals surface area contributed by atoms with Gasteiger partial charge < -0.3 is 19.9 Å². The molecule has 1 atom stereocenters. The summed E-state index contributed by atoms with van der Waals surface area (Å²) in [4.78, 5) is 22.3. The quantitative estimate of drug-likeness (QED) is 0.670. The summed E-state index contributed by atoms with van der Waals surface area (Å²) in [5.74, 6) is 0.804. The molecule has 4 heterocycles. The van der Waals surface area contributed by atoms with Gasteiger partial charge >= 0.3 is 0 Å². The minimum Gasteiger partial charge on any atom is -0.479 e. The molecule has 0 bridgehead atoms. The number of fused-ring (bicyclic) bond motifs is 2. The van der Waals surface area contributed by atoms with Crippen molar-refractivity contribution in [2.75, 3.05) is 26.2 Å². The summed E-state index contributed by atoms with van der Waals surface area (Å²) in [6.45, 7) is 3.09. The summed E-state index contributed by atoms with van der Waals surface area (Å²) >= 11 is 6.40. The lowest BCUT2D eigenvalue weighted by Gasteiger charge is -2.29. The maximum atomic E-state index is 12.9. The van der Waals surface area contributed by atoms with Crippen molar-refractivity contribution in [1.82, 2.24) is 20.2 Å². The van der Waals surface area contributed by atoms with Gasteiger partial charge in [-0.1, -0.05) is 11.6 Å². The van der Waals surface area contributed by atoms with Crippen LogP contribution in [0.5, 0.6) is 5.75 Å². The molecule has 8 heteroatoms. The Hall–Kier alpha value is -2.28. The third-order valence-electron chi connectivity index (χ3n) is 5.25. The molecule has 1 saturated heterocycles. The van der Waals surface area contributed by atoms with E-state index < -0.39 is 6.10 Å². The van der Waals surface area contributed by atoms with Gasteiger partial charge in [0, 0.05) is 66.5 Å². The number of pyridine rings is 1. The Morgan fingerprint density at radius 1 is 1.21 bits per heavy atom. The molecule has 0 saturated carbocycles. The molecular formula is C20H20Cl2N4O2. The number of halogens is 2. The van der Waals surface area contributed by atoms with Gasteiger partial charge in [-0.15, -0.1) is 12.4 Å². The number of ether oxygens (including phenoxy) is 1. The maximum Gasteiger partial charge on any atom is 0.264 e. The van der Waals surface area contributed by atoms with Crippen molar-refractivity contribution in [3.8, 4) is 16.9 Å². The Kier molecular flexibility index (Phi) is 5.19. The summed E-state index contributed by atoms with van der Waals surface area (Å²) in [5, 5.41) is 4.91. The number of carbonyl (C=O) groups is 1. The molecule has 1 aromatic carbocycles. The predicted molar refractivity (Wildman–Crippen MR) is 111 cm³/mol. The summed E-state index contributed by atoms with van der Waals surface area (Å²) in [5.41, 5.74) is 3.69. The fourth-order valence-corrected chi connectivity index (χ4v) is 4.19. The van der Waals surface area contributed by atoms with E-state index in [0.717, 1.165) is 59.7 Å². The van der Waals surface area contributed by atoms with Crippen molar-refractivity contribution in [1.29, 1.82) is 0 Å². The van der Waals surface area contributed by atoms with Gasteiger partial charge in [0.15, 0.2) is 6.10 Å². The van der Waals surface area contributed by atoms with Gasteiger partial charge in [-0.2, -0.15) is 0 Å². The third kappa shape index (κ3) is 3.21. The maximum absolute atomic E-state index is 12.9. The highest BCUT2D eigenvalue weighted by Gasteiger charge is 2.35. The van der Waals surface area contributed by atoms with Gasteiger partial charge in [-0.3, -0.25) is 4.79 Å². The minimum atomic E-state index is -0.487. The monoisotopic (exact) mass is 418 g/mol. The number of aromatic nitrogens is 2. The standard InChI is InChI=1S/C20H19ClN4O2.ClH/c21-13-9-12-10-17(20(26)25-7-5-22-6-8-25)27-18(12)16(11-13)14-1-3-23-19-15(14)2-4-24-19;/h1-4,9,11,17,22H,5-8,10H2,(H,23,24);1H. The first-order chi connectivity index (χ1) is 13.2. The molecule has 1 unspecified atom stereocenters. The molecule has 3 aromatic rings. The number of carbonyl (C=O) groups excluding carboxylic acids is 1. The van der Waals surface area contributed by atoms with Crippen molar-refractivity contribution in [3.63, 3.8) is 0 Å². The zero-order valence-electron chi connectivity index (χ0n) is 15.1. The number of hydrogen-bond acceptors (Lipinski definition) is 4. The van der Waals surface area contributed by atoms with Crippen LogP contribution in [0.1, 0.15) is 5.56 Å². The average molecular weight is 419 g/mol. The Morgan fingerprint density at radius 2 is 2.04 bits per heavy atom. The van der Waals surface area contributed by atoms with E-state index >= 15 is 0 Å². The number of nitrogens with zero attached hydrogens (tertiary/aromatic N) is 2. The van der Waals surface area contributed by atoms with Gasteiger partial charge in [-0.25, -0.2) is 4.98 Å². The van der Waals surface area contributed by atoms with Gasteiger partial charge in [0.1, 0.15) is 11.4 Å². The highest BCUT2D eigenvalue weighted by atomic mass is 35.5. The third-order valence-corrected chi connectivity index (χ3v) is 5.47. The van der Waals surface area contributed by atoms with Gasteiger partial charge in [-0.05, 0) is 29.8 Å². The van der Waals surface area contributed by atoms with Gasteiger partial charge in [0.05, 0.1) is 0 Å². The van der Waals surface area contributed by atoms with Crippen molar-refractivity contribution in [2.45, 2.75) is 12.5 Å². The SMILES string of the molecule is Cl.O=C(C1Cc2cc(Cl)cc(-c3ccnc4[nH]ccc34)c2O1)N1CCNCC1. The van der Waals surface area contributed by atoms with Crippen LogP contribution in [-0.2, 0) is 11.2 Å². The number of H-pyrrole nitrogens is 1. The molecule has 2 aromatic heterocycles. The summed E-state index contributed by atoms with van der Waals surface area (Å²) in [7, 11) is 0. The lowest BCUT2D eigenvalue weighted by atomic mass is 9.99. The molecule has 5 rings (SSSR count). The molecule has 1 fully saturated rings. The molecule has 6 nitrogen and oxygen atoms in total. The molecule has 0 aliphatic carbocycles. The number of amides is 1. The summed E-state index contributed by atoms with van der Waals surface area (Å²) in [6, 6.07) is 7.75. The fourth-order valence-electron chi connectivity index (χ4n) is 3.95. The van der Waals surface area contributed by atoms with E-state index in [1.807, 2.05) is 35.4 Å². The topological polar surface area (TPSA) is 70.2 Å². The van der Waals surface area contributed by atoms with Crippen LogP contribution >= 0.6 is 24.0 Å². The number of rotatable bonds is 2. The van der Waals surface area contributed by atoms with Crippen LogP contribution < -0.4 is 10.1 Å². The lowest BCUT2D eigenvalue weighted by molar-refractivity contribution is -0.138. The number of hydrogen-bond donors (Lipinski definition) is 2. The highest BCUT2D eigenvalue weighted by molar-refractivity contribution is 6.31. The molecule has 28 heavy (non-hydrogen) atoms. The molecule has 2 N–H and O–H groups in total. The Balaban J connectivity index is 0.00000192. The van der Waals surface area contributed by atoms with E-state index in [-0.39, 0.29) is 18.3 Å². The van der Waals surface area contributed by atoms with Crippen molar-refractivity contribution < 1.29 is 9.53 Å². The zero-order valence-corrected chi connectivity index (χ0v) is 16.6. The first-order valence-corrected chi connectivity index (χ1v) is 9.49. The second-order valence-electron chi connectivity index (χ2n) is 6.93. The molecule has 1 amide bonds. The van der Waals surface area contributed by atoms with E-state index in [0.29, 0.717) is 11.4 Å². The van der Waals surface area contributed by atoms with Gasteiger partial charge in [0.25, 0.3) is 5.91 Å². The fraction of sp³-hybridized carbons (Fsp3) is 0.300. The van der Waals surface area contributed by atoms with Crippen LogP contribution in [0, 0.1) is 0 Å². The van der Waals surface area contributed by atoms with E-state index in [1.165, 1.54) is 0 Å². The van der Waals surface area contributed by atoms with Crippen LogP contribution in [0.25, 0.3) is 22.2 Å². The number of piperazine rings is 1. The van der Waals surface area contributed by atoms with Crippen LogP contribution in [0.2, 0.25) is 5.02 Å². The van der Waals surface area contributed by atoms with E-state index in [9.17, 15) is 4.79 Å². The first kappa shape index (κ1) is 19.1. The molecule has 146 valence electrons. The zero-order chi connectivity index (χ0) is 18.4. The summed E-state index contributed by atoms with van der Waals surface area (Å²) < 4.78 is 6.19. The van der Waals surface area contributed by atoms with Gasteiger partial charge in [0.2, 0.25) is 0 Å². The second-order valence-corrected chi connectivity index (χ2v) is 7.36. The van der Waals surface area contributed by atoms with E-state index in [4.69, 9.17) is 16.3 Å². The van der Waals surface area contributed by atoms with Crippen molar-refractivity contribution in [3.05, 3.63) is 47.2 Å². The lowest BCUT2D eigenvalue weighted by Crippen LogP contribution is -2.50. The minimum absolute atomic E-state index is 0. The van der Waals surface area contributed by atoms with Crippen LogP contribution in [-0.4, -0.2) is 53.1 Å². The van der Waals surface area contributed by atoms with Crippen LogP contribution in [0.4, 0.5) is 0 Å². The Bertz CT molecular complexity index is 1030. The van der Waals surface area contributed by atoms with E-state index in [1.54, 1.807) is 6.20 Å². The largest absolute Gasteiger partial charge is 0.479 e. The van der Waals surface area contributed by atoms with Crippen molar-refractivity contribution >= 4 is 40.9 Å². The van der Waals surface area contributed by atoms with Crippen LogP contribution in [0.3, 0.4) is 0 Å². The second kappa shape index (κ2) is 7.62. The molecular weight excluding hydrogens is 399 g/mol. The normalized spacial score (nSPS) is 18.5. The Labute approximate surface area is 173 Å². The number of benzene rings is 1. The Morgan fingerprint density at radius 3 is 2.86 bits per heavy atom. The average Bonchev–Trinajstić information content (AvgIpc) is 3.34. The van der Waals surface area contributed by atoms with Crippen LogP contribution in [0.15, 0.2) is 36.7 Å². The highest BCUT2D eigenvalue weighted by Crippen LogP contribution is 2.43. The summed E-state index contributed by atoms with van der Waals surface area (Å²) in [6.07, 6.45) is 3.69. The molecule has 2 aliphatic heterocycles. The van der Waals surface area contributed by atoms with Crippen molar-refractivity contribution in [2.24, 2.45) is 0 Å². The number of aromatic amines is 1. The molecule has 2 aliphatic rings. The number of nitrogens with one attached hydrogen (secondary N) is 2. The van der Waals surface area contributed by atoms with E-state index in [2.05, 4.69) is 15.3 Å². The predicted octanol–water partition coefficient (Wildman–Crippen LogP) is 3.04. The molecule has 0 radical (unpaired) electrons. The first-order valence-electron chi connectivity index (χ1n) is 9.12. The smallest absolute Gasteiger partial charge is 0.264 e.